The number of hydrogen-bond donors (Lipinski definition) is 0. The summed E-state index contributed by atoms with van der Waals surface area (Å²) in [6, 6.07) is 9.36. The summed E-state index contributed by atoms with van der Waals surface area (Å²) in [5.41, 5.74) is 1.97. The van der Waals surface area contributed by atoms with Crippen molar-refractivity contribution in [3.63, 3.8) is 0 Å². The van der Waals surface area contributed by atoms with E-state index in [0.29, 0.717) is 23.8 Å². The van der Waals surface area contributed by atoms with Crippen molar-refractivity contribution in [1.29, 1.82) is 0 Å². The summed E-state index contributed by atoms with van der Waals surface area (Å²) in [5, 5.41) is 8.55. The fraction of sp³-hybridized carbons (Fsp3) is 0.333. The van der Waals surface area contributed by atoms with Crippen LogP contribution in [0.25, 0.3) is 16.8 Å². The molecule has 0 radical (unpaired) electrons. The normalized spacial score (nSPS) is 14.6. The van der Waals surface area contributed by atoms with Crippen LogP contribution in [-0.4, -0.2) is 49.4 Å². The Morgan fingerprint density at radius 3 is 2.67 bits per heavy atom. The van der Waals surface area contributed by atoms with Crippen molar-refractivity contribution in [2.75, 3.05) is 20.2 Å². The molecule has 3 aromatic heterocycles. The number of ether oxygens (including phenoxy) is 1. The van der Waals surface area contributed by atoms with Crippen LogP contribution in [0, 0.1) is 0 Å². The molecule has 30 heavy (non-hydrogen) atoms. The predicted octanol–water partition coefficient (Wildman–Crippen LogP) is 2.20. The molecule has 4 aromatic rings. The highest BCUT2D eigenvalue weighted by atomic mass is 16.5. The van der Waals surface area contributed by atoms with E-state index in [4.69, 9.17) is 9.26 Å². The third kappa shape index (κ3) is 3.59. The second-order valence-electron chi connectivity index (χ2n) is 7.41. The molecule has 9 nitrogen and oxygen atoms in total. The SMILES string of the molecule is COc1ccc(-c2cc3c(=O)n(Cc4noc(CN5CCCC5)n4)ccn3n2)cc1. The highest BCUT2D eigenvalue weighted by Crippen LogP contribution is 2.21. The Morgan fingerprint density at radius 2 is 1.90 bits per heavy atom. The fourth-order valence-electron chi connectivity index (χ4n) is 3.76. The molecule has 1 saturated heterocycles. The van der Waals surface area contributed by atoms with Gasteiger partial charge >= 0.3 is 0 Å². The van der Waals surface area contributed by atoms with Crippen LogP contribution in [0.5, 0.6) is 5.75 Å². The molecule has 0 bridgehead atoms. The summed E-state index contributed by atoms with van der Waals surface area (Å²) < 4.78 is 13.7. The minimum Gasteiger partial charge on any atom is -0.497 e. The molecular weight excluding hydrogens is 384 g/mol. The molecule has 0 atom stereocenters. The monoisotopic (exact) mass is 406 g/mol. The van der Waals surface area contributed by atoms with Crippen molar-refractivity contribution in [2.45, 2.75) is 25.9 Å². The Balaban J connectivity index is 1.38. The van der Waals surface area contributed by atoms with Crippen molar-refractivity contribution in [3.8, 4) is 17.0 Å². The van der Waals surface area contributed by atoms with Crippen LogP contribution in [0.1, 0.15) is 24.6 Å². The Hall–Kier alpha value is -3.46. The molecule has 9 heteroatoms. The first kappa shape index (κ1) is 18.6. The molecule has 1 aliphatic rings. The summed E-state index contributed by atoms with van der Waals surface area (Å²) in [6.45, 7) is 3.04. The zero-order valence-corrected chi connectivity index (χ0v) is 16.7. The van der Waals surface area contributed by atoms with Gasteiger partial charge in [-0.15, -0.1) is 0 Å². The zero-order valence-electron chi connectivity index (χ0n) is 16.7. The molecule has 0 saturated carbocycles. The van der Waals surface area contributed by atoms with Crippen LogP contribution in [0.15, 0.2) is 52.0 Å². The van der Waals surface area contributed by atoms with E-state index in [9.17, 15) is 4.79 Å². The lowest BCUT2D eigenvalue weighted by molar-refractivity contribution is 0.267. The van der Waals surface area contributed by atoms with Crippen molar-refractivity contribution in [2.24, 2.45) is 0 Å². The van der Waals surface area contributed by atoms with E-state index >= 15 is 0 Å². The van der Waals surface area contributed by atoms with Crippen LogP contribution >= 0.6 is 0 Å². The summed E-state index contributed by atoms with van der Waals surface area (Å²) in [6.07, 6.45) is 5.87. The lowest BCUT2D eigenvalue weighted by Gasteiger charge is -2.09. The molecule has 0 aliphatic carbocycles. The molecule has 154 valence electrons. The van der Waals surface area contributed by atoms with Gasteiger partial charge in [-0.05, 0) is 56.3 Å². The lowest BCUT2D eigenvalue weighted by Crippen LogP contribution is -2.22. The Bertz CT molecular complexity index is 1220. The van der Waals surface area contributed by atoms with Gasteiger partial charge in [-0.3, -0.25) is 9.69 Å². The predicted molar refractivity (Wildman–Crippen MR) is 109 cm³/mol. The molecular formula is C21H22N6O3. The van der Waals surface area contributed by atoms with Gasteiger partial charge in [0.1, 0.15) is 11.3 Å². The topological polar surface area (TPSA) is 90.7 Å². The number of rotatable bonds is 6. The fourth-order valence-corrected chi connectivity index (χ4v) is 3.76. The molecule has 0 N–H and O–H groups in total. The number of hydrogen-bond acceptors (Lipinski definition) is 7. The highest BCUT2D eigenvalue weighted by Gasteiger charge is 2.16. The Morgan fingerprint density at radius 1 is 1.10 bits per heavy atom. The average molecular weight is 406 g/mol. The maximum absolute atomic E-state index is 13.0. The largest absolute Gasteiger partial charge is 0.497 e. The van der Waals surface area contributed by atoms with E-state index in [2.05, 4.69) is 20.1 Å². The van der Waals surface area contributed by atoms with Crippen LogP contribution < -0.4 is 10.3 Å². The van der Waals surface area contributed by atoms with E-state index in [1.807, 2.05) is 24.3 Å². The molecule has 1 aliphatic heterocycles. The summed E-state index contributed by atoms with van der Waals surface area (Å²) >= 11 is 0. The number of methoxy groups -OCH3 is 1. The second kappa shape index (κ2) is 7.75. The first-order valence-electron chi connectivity index (χ1n) is 9.97. The van der Waals surface area contributed by atoms with Gasteiger partial charge in [0.2, 0.25) is 5.89 Å². The molecule has 0 unspecified atom stereocenters. The van der Waals surface area contributed by atoms with Gasteiger partial charge in [0.25, 0.3) is 5.56 Å². The van der Waals surface area contributed by atoms with E-state index in [0.717, 1.165) is 30.1 Å². The van der Waals surface area contributed by atoms with Gasteiger partial charge in [-0.25, -0.2) is 4.52 Å². The quantitative estimate of drug-likeness (QED) is 0.485. The van der Waals surface area contributed by atoms with E-state index < -0.39 is 0 Å². The standard InChI is InChI=1S/C21H22N6O3/c1-29-16-6-4-15(5-7-16)17-12-18-21(28)26(10-11-27(18)23-17)13-19-22-20(30-24-19)14-25-8-2-3-9-25/h4-7,10-12H,2-3,8-9,13-14H2,1H3. The summed E-state index contributed by atoms with van der Waals surface area (Å²) in [7, 11) is 1.63. The van der Waals surface area contributed by atoms with Crippen LogP contribution in [0.2, 0.25) is 0 Å². The Labute approximate surface area is 172 Å². The molecule has 0 amide bonds. The number of benzene rings is 1. The van der Waals surface area contributed by atoms with Crippen LogP contribution in [0.3, 0.4) is 0 Å². The van der Waals surface area contributed by atoms with E-state index in [1.54, 1.807) is 34.7 Å². The van der Waals surface area contributed by atoms with Gasteiger partial charge in [0.05, 0.1) is 25.9 Å². The van der Waals surface area contributed by atoms with Gasteiger partial charge in [-0.2, -0.15) is 10.1 Å². The van der Waals surface area contributed by atoms with Crippen molar-refractivity contribution in [3.05, 3.63) is 64.8 Å². The number of fused-ring (bicyclic) bond motifs is 1. The van der Waals surface area contributed by atoms with Crippen LogP contribution in [-0.2, 0) is 13.1 Å². The minimum absolute atomic E-state index is 0.157. The van der Waals surface area contributed by atoms with Crippen molar-refractivity contribution >= 4 is 5.52 Å². The van der Waals surface area contributed by atoms with E-state index in [1.165, 1.54) is 12.8 Å². The molecule has 4 heterocycles. The highest BCUT2D eigenvalue weighted by molar-refractivity contribution is 5.66. The molecule has 0 spiro atoms. The first-order chi connectivity index (χ1) is 14.7. The van der Waals surface area contributed by atoms with Crippen molar-refractivity contribution in [1.82, 2.24) is 29.2 Å². The number of nitrogens with zero attached hydrogens (tertiary/aromatic N) is 6. The maximum atomic E-state index is 13.0. The third-order valence-corrected chi connectivity index (χ3v) is 5.37. The van der Waals surface area contributed by atoms with Crippen LogP contribution in [0.4, 0.5) is 0 Å². The lowest BCUT2D eigenvalue weighted by atomic mass is 10.1. The Kier molecular flexibility index (Phi) is 4.80. The van der Waals surface area contributed by atoms with E-state index in [-0.39, 0.29) is 12.1 Å². The maximum Gasteiger partial charge on any atom is 0.277 e. The minimum atomic E-state index is -0.157. The van der Waals surface area contributed by atoms with Gasteiger partial charge in [0.15, 0.2) is 5.82 Å². The van der Waals surface area contributed by atoms with Gasteiger partial charge in [-0.1, -0.05) is 5.16 Å². The first-order valence-corrected chi connectivity index (χ1v) is 9.97. The van der Waals surface area contributed by atoms with Crippen molar-refractivity contribution < 1.29 is 9.26 Å². The third-order valence-electron chi connectivity index (χ3n) is 5.37. The molecule has 5 rings (SSSR count). The number of aromatic nitrogens is 5. The van der Waals surface area contributed by atoms with Gasteiger partial charge < -0.3 is 13.8 Å². The van der Waals surface area contributed by atoms with Gasteiger partial charge in [0, 0.05) is 18.0 Å². The smallest absolute Gasteiger partial charge is 0.277 e. The zero-order chi connectivity index (χ0) is 20.5. The second-order valence-corrected chi connectivity index (χ2v) is 7.41. The average Bonchev–Trinajstić information content (AvgIpc) is 3.52. The summed E-state index contributed by atoms with van der Waals surface area (Å²) in [5.74, 6) is 1.85. The molecule has 1 fully saturated rings. The number of likely N-dealkylation sites (tertiary alicyclic amines) is 1. The summed E-state index contributed by atoms with van der Waals surface area (Å²) in [4.78, 5) is 19.7. The molecule has 1 aromatic carbocycles.